The van der Waals surface area contributed by atoms with E-state index in [2.05, 4.69) is 6.07 Å². The number of amides is 1. The van der Waals surface area contributed by atoms with Crippen molar-refractivity contribution in [1.29, 1.82) is 0 Å². The summed E-state index contributed by atoms with van der Waals surface area (Å²) >= 11 is 1.65. The van der Waals surface area contributed by atoms with E-state index in [1.54, 1.807) is 11.3 Å². The van der Waals surface area contributed by atoms with E-state index < -0.39 is 0 Å². The molecule has 0 bridgehead atoms. The molecule has 1 aromatic carbocycles. The second-order valence-electron chi connectivity index (χ2n) is 5.48. The summed E-state index contributed by atoms with van der Waals surface area (Å²) in [5.41, 5.74) is 6.51. The summed E-state index contributed by atoms with van der Waals surface area (Å²) in [4.78, 5) is 14.7. The molecule has 1 unspecified atom stereocenters. The first-order valence-electron chi connectivity index (χ1n) is 7.25. The Hall–Kier alpha value is -1.10. The molecule has 21 heavy (non-hydrogen) atoms. The number of rotatable bonds is 3. The van der Waals surface area contributed by atoms with Gasteiger partial charge in [0.25, 0.3) is 5.91 Å². The number of thiophene rings is 1. The normalized spacial score (nSPS) is 18.5. The number of hydrogen-bond donors (Lipinski definition) is 1. The molecule has 0 radical (unpaired) electrons. The molecule has 1 amide bonds. The number of halogens is 1. The summed E-state index contributed by atoms with van der Waals surface area (Å²) in [6.07, 6.45) is 3.32. The average molecular weight is 325 g/mol. The summed E-state index contributed by atoms with van der Waals surface area (Å²) in [5.74, 6) is 0.756. The Labute approximate surface area is 135 Å². The molecule has 1 aromatic heterocycles. The lowest BCUT2D eigenvalue weighted by Gasteiger charge is -2.32. The number of fused-ring (bicyclic) bond motifs is 1. The topological polar surface area (TPSA) is 46.3 Å². The van der Waals surface area contributed by atoms with Crippen molar-refractivity contribution in [3.8, 4) is 0 Å². The maximum atomic E-state index is 12.7. The molecule has 1 aliphatic heterocycles. The molecule has 114 valence electrons. The van der Waals surface area contributed by atoms with E-state index in [0.717, 1.165) is 36.9 Å². The highest BCUT2D eigenvalue weighted by atomic mass is 35.5. The molecular weight excluding hydrogens is 304 g/mol. The van der Waals surface area contributed by atoms with Crippen LogP contribution in [0.25, 0.3) is 10.1 Å². The van der Waals surface area contributed by atoms with E-state index in [9.17, 15) is 4.79 Å². The van der Waals surface area contributed by atoms with Crippen molar-refractivity contribution >= 4 is 39.7 Å². The van der Waals surface area contributed by atoms with E-state index in [-0.39, 0.29) is 18.3 Å². The maximum Gasteiger partial charge on any atom is 0.255 e. The number of carbonyl (C=O) groups excluding carboxylic acids is 1. The first-order chi connectivity index (χ1) is 9.79. The second-order valence-corrected chi connectivity index (χ2v) is 6.39. The fourth-order valence-corrected chi connectivity index (χ4v) is 3.97. The van der Waals surface area contributed by atoms with Crippen molar-refractivity contribution in [3.63, 3.8) is 0 Å². The van der Waals surface area contributed by atoms with Crippen molar-refractivity contribution < 1.29 is 4.79 Å². The molecule has 2 N–H and O–H groups in total. The summed E-state index contributed by atoms with van der Waals surface area (Å²) in [6, 6.07) is 8.13. The molecule has 5 heteroatoms. The number of nitrogens with zero attached hydrogens (tertiary/aromatic N) is 1. The molecule has 1 fully saturated rings. The van der Waals surface area contributed by atoms with Crippen LogP contribution in [-0.2, 0) is 0 Å². The molecule has 1 aliphatic rings. The highest BCUT2D eigenvalue weighted by Crippen LogP contribution is 2.28. The predicted molar refractivity (Wildman–Crippen MR) is 91.4 cm³/mol. The van der Waals surface area contributed by atoms with Crippen LogP contribution in [0.4, 0.5) is 0 Å². The van der Waals surface area contributed by atoms with Crippen LogP contribution in [0.15, 0.2) is 29.6 Å². The molecule has 0 aliphatic carbocycles. The Morgan fingerprint density at radius 3 is 3.00 bits per heavy atom. The summed E-state index contributed by atoms with van der Waals surface area (Å²) < 4.78 is 1.19. The van der Waals surface area contributed by atoms with E-state index in [1.165, 1.54) is 11.1 Å². The molecule has 2 aromatic rings. The van der Waals surface area contributed by atoms with Gasteiger partial charge in [-0.25, -0.2) is 0 Å². The van der Waals surface area contributed by atoms with Gasteiger partial charge in [0.05, 0.1) is 5.56 Å². The van der Waals surface area contributed by atoms with Gasteiger partial charge in [0.2, 0.25) is 0 Å². The first kappa shape index (κ1) is 16.3. The lowest BCUT2D eigenvalue weighted by molar-refractivity contribution is 0.0672. The molecule has 1 atom stereocenters. The Morgan fingerprint density at radius 1 is 1.38 bits per heavy atom. The van der Waals surface area contributed by atoms with Gasteiger partial charge in [-0.05, 0) is 37.8 Å². The molecule has 0 spiro atoms. The zero-order valence-corrected chi connectivity index (χ0v) is 13.6. The Morgan fingerprint density at radius 2 is 2.19 bits per heavy atom. The van der Waals surface area contributed by atoms with Crippen LogP contribution in [-0.4, -0.2) is 30.4 Å². The minimum absolute atomic E-state index is 0. The van der Waals surface area contributed by atoms with E-state index >= 15 is 0 Å². The van der Waals surface area contributed by atoms with Crippen LogP contribution in [0.5, 0.6) is 0 Å². The average Bonchev–Trinajstić information content (AvgIpc) is 2.91. The fraction of sp³-hybridized carbons (Fsp3) is 0.438. The third kappa shape index (κ3) is 3.39. The molecule has 2 heterocycles. The lowest BCUT2D eigenvalue weighted by atomic mass is 9.94. The van der Waals surface area contributed by atoms with Crippen molar-refractivity contribution in [2.75, 3.05) is 19.6 Å². The third-order valence-electron chi connectivity index (χ3n) is 4.09. The van der Waals surface area contributed by atoms with Crippen LogP contribution >= 0.6 is 23.7 Å². The first-order valence-corrected chi connectivity index (χ1v) is 8.13. The quantitative estimate of drug-likeness (QED) is 0.939. The van der Waals surface area contributed by atoms with Gasteiger partial charge in [-0.1, -0.05) is 18.2 Å². The Balaban J connectivity index is 0.00000161. The molecule has 0 saturated carbocycles. The Bertz CT molecular complexity index is 611. The van der Waals surface area contributed by atoms with E-state index in [1.807, 2.05) is 28.5 Å². The number of piperidine rings is 1. The maximum absolute atomic E-state index is 12.7. The fourth-order valence-electron chi connectivity index (χ4n) is 3.03. The number of likely N-dealkylation sites (tertiary alicyclic amines) is 1. The molecule has 1 saturated heterocycles. The van der Waals surface area contributed by atoms with Crippen LogP contribution < -0.4 is 5.73 Å². The summed E-state index contributed by atoms with van der Waals surface area (Å²) in [6.45, 7) is 2.46. The number of benzene rings is 1. The van der Waals surface area contributed by atoms with Gasteiger partial charge in [-0.2, -0.15) is 0 Å². The number of nitrogens with two attached hydrogens (primary N) is 1. The molecule has 3 rings (SSSR count). The van der Waals surface area contributed by atoms with Crippen molar-refractivity contribution in [2.24, 2.45) is 11.7 Å². The van der Waals surface area contributed by atoms with Gasteiger partial charge in [-0.3, -0.25) is 4.79 Å². The zero-order valence-electron chi connectivity index (χ0n) is 12.0. The van der Waals surface area contributed by atoms with E-state index in [0.29, 0.717) is 12.5 Å². The number of carbonyl (C=O) groups is 1. The highest BCUT2D eigenvalue weighted by Gasteiger charge is 2.25. The number of hydrogen-bond acceptors (Lipinski definition) is 3. The largest absolute Gasteiger partial charge is 0.338 e. The van der Waals surface area contributed by atoms with Crippen LogP contribution in [0, 0.1) is 5.92 Å². The Kier molecular flexibility index (Phi) is 5.62. The lowest BCUT2D eigenvalue weighted by Crippen LogP contribution is -2.40. The van der Waals surface area contributed by atoms with Gasteiger partial charge < -0.3 is 10.6 Å². The predicted octanol–water partition coefficient (Wildman–Crippen LogP) is 3.52. The minimum atomic E-state index is 0. The smallest absolute Gasteiger partial charge is 0.255 e. The SMILES string of the molecule is Cl.NCCC1CCCN(C(=O)c2csc3ccccc23)C1. The van der Waals surface area contributed by atoms with Crippen molar-refractivity contribution in [1.82, 2.24) is 4.90 Å². The van der Waals surface area contributed by atoms with E-state index in [4.69, 9.17) is 5.73 Å². The van der Waals surface area contributed by atoms with Crippen molar-refractivity contribution in [2.45, 2.75) is 19.3 Å². The van der Waals surface area contributed by atoms with Gasteiger partial charge in [0, 0.05) is 28.6 Å². The molecular formula is C16H21ClN2OS. The van der Waals surface area contributed by atoms with Gasteiger partial charge in [0.1, 0.15) is 0 Å². The van der Waals surface area contributed by atoms with Crippen LogP contribution in [0.2, 0.25) is 0 Å². The second kappa shape index (κ2) is 7.25. The van der Waals surface area contributed by atoms with Gasteiger partial charge >= 0.3 is 0 Å². The van der Waals surface area contributed by atoms with Crippen molar-refractivity contribution in [3.05, 3.63) is 35.2 Å². The monoisotopic (exact) mass is 324 g/mol. The molecule has 3 nitrogen and oxygen atoms in total. The third-order valence-corrected chi connectivity index (χ3v) is 5.06. The standard InChI is InChI=1S/C16H20N2OS.ClH/c17-8-7-12-4-3-9-18(10-12)16(19)14-11-20-15-6-2-1-5-13(14)15;/h1-2,5-6,11-12H,3-4,7-10,17H2;1H. The minimum Gasteiger partial charge on any atom is -0.338 e. The summed E-state index contributed by atoms with van der Waals surface area (Å²) in [5, 5.41) is 3.09. The van der Waals surface area contributed by atoms with Crippen LogP contribution in [0.1, 0.15) is 29.6 Å². The summed E-state index contributed by atoms with van der Waals surface area (Å²) in [7, 11) is 0. The highest BCUT2D eigenvalue weighted by molar-refractivity contribution is 7.17. The zero-order chi connectivity index (χ0) is 13.9. The van der Waals surface area contributed by atoms with Gasteiger partial charge in [-0.15, -0.1) is 23.7 Å². The van der Waals surface area contributed by atoms with Gasteiger partial charge in [0.15, 0.2) is 0 Å². The van der Waals surface area contributed by atoms with Crippen LogP contribution in [0.3, 0.4) is 0 Å².